The largest absolute Gasteiger partial charge is 0.219 e. The summed E-state index contributed by atoms with van der Waals surface area (Å²) in [4.78, 5) is 5.59. The van der Waals surface area contributed by atoms with E-state index in [0.29, 0.717) is 5.56 Å². The summed E-state index contributed by atoms with van der Waals surface area (Å²) in [6.07, 6.45) is 1.78. The minimum absolute atomic E-state index is 0.641. The lowest BCUT2D eigenvalue weighted by Gasteiger charge is -2.02. The molecule has 0 atom stereocenters. The number of hydrogen-bond acceptors (Lipinski definition) is 4. The number of thiazole rings is 1. The van der Waals surface area contributed by atoms with Crippen molar-refractivity contribution in [2.45, 2.75) is 20.8 Å². The van der Waals surface area contributed by atoms with Gasteiger partial charge in [0.05, 0.1) is 29.2 Å². The Hall–Kier alpha value is -2.97. The first-order valence-corrected chi connectivity index (χ1v) is 8.78. The summed E-state index contributed by atoms with van der Waals surface area (Å²) in [7, 11) is 0. The Kier molecular flexibility index (Phi) is 4.92. The van der Waals surface area contributed by atoms with E-state index in [1.807, 2.05) is 35.2 Å². The van der Waals surface area contributed by atoms with E-state index in [2.05, 4.69) is 37.2 Å². The van der Waals surface area contributed by atoms with Gasteiger partial charge < -0.3 is 0 Å². The van der Waals surface area contributed by atoms with Gasteiger partial charge >= 0.3 is 0 Å². The molecule has 0 aliphatic carbocycles. The number of hydrogen-bond donors (Lipinski definition) is 0. The highest BCUT2D eigenvalue weighted by Crippen LogP contribution is 2.19. The van der Waals surface area contributed by atoms with Crippen molar-refractivity contribution in [3.8, 4) is 6.07 Å². The van der Waals surface area contributed by atoms with Crippen molar-refractivity contribution < 1.29 is 0 Å². The second kappa shape index (κ2) is 7.29. The Morgan fingerprint density at radius 2 is 1.84 bits per heavy atom. The SMILES string of the molecule is Cc1ccc(N=c2scc(C)n2N=Cc2ccc(C#N)cc2)c(C)c1. The van der Waals surface area contributed by atoms with Gasteiger partial charge in [0.25, 0.3) is 0 Å². The van der Waals surface area contributed by atoms with E-state index in [1.165, 1.54) is 5.56 Å². The smallest absolute Gasteiger partial charge is 0.211 e. The number of rotatable bonds is 3. The van der Waals surface area contributed by atoms with Gasteiger partial charge in [-0.1, -0.05) is 29.8 Å². The van der Waals surface area contributed by atoms with Crippen LogP contribution in [0.1, 0.15) is 27.9 Å². The third kappa shape index (κ3) is 3.93. The molecular weight excluding hydrogens is 328 g/mol. The third-order valence-corrected chi connectivity index (χ3v) is 4.71. The second-order valence-corrected chi connectivity index (χ2v) is 6.69. The third-order valence-electron chi connectivity index (χ3n) is 3.78. The molecule has 3 aromatic rings. The fourth-order valence-corrected chi connectivity index (χ4v) is 3.22. The maximum absolute atomic E-state index is 8.86. The first-order valence-electron chi connectivity index (χ1n) is 7.90. The monoisotopic (exact) mass is 346 g/mol. The molecule has 0 spiro atoms. The minimum Gasteiger partial charge on any atom is -0.219 e. The second-order valence-electron chi connectivity index (χ2n) is 5.85. The summed E-state index contributed by atoms with van der Waals surface area (Å²) < 4.78 is 1.84. The number of aromatic nitrogens is 1. The molecule has 3 rings (SSSR count). The molecule has 0 amide bonds. The van der Waals surface area contributed by atoms with Crippen LogP contribution in [0, 0.1) is 32.1 Å². The zero-order valence-electron chi connectivity index (χ0n) is 14.4. The fourth-order valence-electron chi connectivity index (χ4n) is 2.40. The Labute approximate surface area is 151 Å². The molecule has 0 fully saturated rings. The van der Waals surface area contributed by atoms with Gasteiger partial charge in [-0.15, -0.1) is 11.3 Å². The molecule has 0 N–H and O–H groups in total. The van der Waals surface area contributed by atoms with Crippen molar-refractivity contribution in [2.24, 2.45) is 10.1 Å². The van der Waals surface area contributed by atoms with Crippen LogP contribution in [0.25, 0.3) is 0 Å². The molecule has 25 heavy (non-hydrogen) atoms. The molecule has 124 valence electrons. The zero-order valence-corrected chi connectivity index (χ0v) is 15.2. The molecule has 4 nitrogen and oxygen atoms in total. The quantitative estimate of drug-likeness (QED) is 0.646. The van der Waals surface area contributed by atoms with E-state index < -0.39 is 0 Å². The Balaban J connectivity index is 1.97. The summed E-state index contributed by atoms with van der Waals surface area (Å²) >= 11 is 1.56. The van der Waals surface area contributed by atoms with Crippen LogP contribution in [0.15, 0.2) is 57.9 Å². The van der Waals surface area contributed by atoms with E-state index in [9.17, 15) is 0 Å². The standard InChI is InChI=1S/C20H18N4S/c1-14-4-9-19(15(2)10-14)23-20-24(16(3)13-25-20)22-12-18-7-5-17(11-21)6-8-18/h4-10,12-13H,1-3H3. The van der Waals surface area contributed by atoms with Gasteiger partial charge in [-0.05, 0) is 50.1 Å². The van der Waals surface area contributed by atoms with Gasteiger partial charge in [-0.2, -0.15) is 10.4 Å². The predicted molar refractivity (Wildman–Crippen MR) is 102 cm³/mol. The molecule has 0 saturated carbocycles. The fraction of sp³-hybridized carbons (Fsp3) is 0.150. The van der Waals surface area contributed by atoms with Gasteiger partial charge in [0.1, 0.15) is 0 Å². The van der Waals surface area contributed by atoms with E-state index in [0.717, 1.165) is 27.3 Å². The van der Waals surface area contributed by atoms with Crippen LogP contribution in [0.3, 0.4) is 0 Å². The van der Waals surface area contributed by atoms with Crippen LogP contribution in [-0.2, 0) is 0 Å². The normalized spacial score (nSPS) is 11.8. The van der Waals surface area contributed by atoms with Gasteiger partial charge in [0, 0.05) is 5.38 Å². The van der Waals surface area contributed by atoms with Gasteiger partial charge in [0.2, 0.25) is 4.80 Å². The topological polar surface area (TPSA) is 53.4 Å². The van der Waals surface area contributed by atoms with Crippen LogP contribution in [0.5, 0.6) is 0 Å². The first kappa shape index (κ1) is 16.9. The molecule has 0 bridgehead atoms. The van der Waals surface area contributed by atoms with E-state index >= 15 is 0 Å². The molecule has 2 aromatic carbocycles. The van der Waals surface area contributed by atoms with Crippen LogP contribution in [0.2, 0.25) is 0 Å². The molecule has 1 aromatic heterocycles. The van der Waals surface area contributed by atoms with Crippen LogP contribution >= 0.6 is 11.3 Å². The Morgan fingerprint density at radius 1 is 1.08 bits per heavy atom. The van der Waals surface area contributed by atoms with Gasteiger partial charge in [-0.25, -0.2) is 9.67 Å². The van der Waals surface area contributed by atoms with E-state index in [-0.39, 0.29) is 0 Å². The number of nitrogens with zero attached hydrogens (tertiary/aromatic N) is 4. The molecule has 1 heterocycles. The molecule has 0 radical (unpaired) electrons. The minimum atomic E-state index is 0.641. The molecule has 5 heteroatoms. The lowest BCUT2D eigenvalue weighted by Crippen LogP contribution is -2.11. The van der Waals surface area contributed by atoms with Gasteiger partial charge in [0.15, 0.2) is 0 Å². The van der Waals surface area contributed by atoms with E-state index in [4.69, 9.17) is 10.3 Å². The van der Waals surface area contributed by atoms with Crippen molar-refractivity contribution in [2.75, 3.05) is 0 Å². The average Bonchev–Trinajstić information content (AvgIpc) is 2.96. The molecule has 0 unspecified atom stereocenters. The lowest BCUT2D eigenvalue weighted by atomic mass is 10.1. The van der Waals surface area contributed by atoms with Crippen molar-refractivity contribution >= 4 is 23.2 Å². The summed E-state index contributed by atoms with van der Waals surface area (Å²) in [5, 5.41) is 15.5. The van der Waals surface area contributed by atoms with Crippen LogP contribution in [-0.4, -0.2) is 10.9 Å². The average molecular weight is 346 g/mol. The summed E-state index contributed by atoms with van der Waals surface area (Å²) in [5.74, 6) is 0. The van der Waals surface area contributed by atoms with E-state index in [1.54, 1.807) is 29.7 Å². The van der Waals surface area contributed by atoms with Crippen LogP contribution in [0.4, 0.5) is 5.69 Å². The first-order chi connectivity index (χ1) is 12.1. The molecule has 0 aliphatic rings. The maximum Gasteiger partial charge on any atom is 0.211 e. The summed E-state index contributed by atoms with van der Waals surface area (Å²) in [5.41, 5.74) is 5.93. The lowest BCUT2D eigenvalue weighted by molar-refractivity contribution is 0.809. The molecule has 0 aliphatic heterocycles. The number of nitriles is 1. The maximum atomic E-state index is 8.86. The van der Waals surface area contributed by atoms with Crippen molar-refractivity contribution in [3.05, 3.63) is 80.6 Å². The summed E-state index contributed by atoms with van der Waals surface area (Å²) in [6, 6.07) is 15.7. The molecular formula is C20H18N4S. The summed E-state index contributed by atoms with van der Waals surface area (Å²) in [6.45, 7) is 6.15. The van der Waals surface area contributed by atoms with Crippen molar-refractivity contribution in [1.29, 1.82) is 5.26 Å². The highest BCUT2D eigenvalue weighted by atomic mass is 32.1. The Morgan fingerprint density at radius 3 is 2.52 bits per heavy atom. The molecule has 0 saturated heterocycles. The highest BCUT2D eigenvalue weighted by molar-refractivity contribution is 7.07. The number of aryl methyl sites for hydroxylation is 3. The number of benzene rings is 2. The van der Waals surface area contributed by atoms with Crippen LogP contribution < -0.4 is 4.80 Å². The van der Waals surface area contributed by atoms with Gasteiger partial charge in [-0.3, -0.25) is 0 Å². The highest BCUT2D eigenvalue weighted by Gasteiger charge is 2.02. The van der Waals surface area contributed by atoms with Crippen molar-refractivity contribution in [3.63, 3.8) is 0 Å². The Bertz CT molecular complexity index is 1030. The van der Waals surface area contributed by atoms with Crippen molar-refractivity contribution in [1.82, 2.24) is 4.68 Å². The predicted octanol–water partition coefficient (Wildman–Crippen LogP) is 4.46. The zero-order chi connectivity index (χ0) is 17.8.